The Kier molecular flexibility index (Phi) is 3.79. The summed E-state index contributed by atoms with van der Waals surface area (Å²) in [6.45, 7) is 2.68. The summed E-state index contributed by atoms with van der Waals surface area (Å²) in [6, 6.07) is 0.159. The molecule has 0 aliphatic heterocycles. The van der Waals surface area contributed by atoms with Gasteiger partial charge in [0.05, 0.1) is 22.8 Å². The Balaban J connectivity index is 2.01. The minimum atomic E-state index is -0.520. The number of nitrogens with one attached hydrogen (secondary N) is 1. The first-order valence-electron chi connectivity index (χ1n) is 7.52. The number of Topliss-reactive ketones (excluding diaryl/α,β-unsaturated/α-hetero) is 1. The maximum atomic E-state index is 11.7. The number of aromatic nitrogens is 3. The number of anilines is 1. The van der Waals surface area contributed by atoms with Gasteiger partial charge in [0.25, 0.3) is 5.91 Å². The molecule has 116 valence electrons. The highest BCUT2D eigenvalue weighted by molar-refractivity contribution is 6.05. The Morgan fingerprint density at radius 3 is 2.77 bits per heavy atom. The third-order valence-electron chi connectivity index (χ3n) is 4.12. The van der Waals surface area contributed by atoms with Gasteiger partial charge in [-0.05, 0) is 19.8 Å². The molecule has 0 atom stereocenters. The molecule has 2 aromatic heterocycles. The zero-order valence-corrected chi connectivity index (χ0v) is 12.5. The van der Waals surface area contributed by atoms with Crippen LogP contribution in [0.3, 0.4) is 0 Å². The lowest BCUT2D eigenvalue weighted by atomic mass is 9.94. The molecular formula is C15H19N5O2. The van der Waals surface area contributed by atoms with E-state index < -0.39 is 5.91 Å². The third kappa shape index (κ3) is 2.54. The Hall–Kier alpha value is -2.44. The predicted octanol–water partition coefficient (Wildman–Crippen LogP) is 1.47. The van der Waals surface area contributed by atoms with E-state index in [4.69, 9.17) is 5.73 Å². The summed E-state index contributed by atoms with van der Waals surface area (Å²) in [5.41, 5.74) is 7.23. The first kappa shape index (κ1) is 14.5. The molecule has 2 aromatic rings. The van der Waals surface area contributed by atoms with Gasteiger partial charge in [-0.1, -0.05) is 0 Å². The lowest BCUT2D eigenvalue weighted by Gasteiger charge is -2.24. The van der Waals surface area contributed by atoms with Gasteiger partial charge in [0.2, 0.25) is 0 Å². The molecule has 0 unspecified atom stereocenters. The van der Waals surface area contributed by atoms with Crippen LogP contribution in [0.15, 0.2) is 12.4 Å². The maximum Gasteiger partial charge on any atom is 0.252 e. The molecule has 0 bridgehead atoms. The van der Waals surface area contributed by atoms with Crippen molar-refractivity contribution in [1.29, 1.82) is 0 Å². The Morgan fingerprint density at radius 2 is 2.14 bits per heavy atom. The number of ketones is 1. The van der Waals surface area contributed by atoms with Crippen molar-refractivity contribution in [1.82, 2.24) is 14.8 Å². The minimum absolute atomic E-state index is 0.159. The van der Waals surface area contributed by atoms with E-state index in [1.165, 1.54) is 6.20 Å². The number of aryl methyl sites for hydroxylation is 1. The monoisotopic (exact) mass is 301 g/mol. The average molecular weight is 301 g/mol. The van der Waals surface area contributed by atoms with Crippen LogP contribution in [0.4, 0.5) is 5.69 Å². The number of nitrogens with zero attached hydrogens (tertiary/aromatic N) is 3. The van der Waals surface area contributed by atoms with Gasteiger partial charge in [-0.25, -0.2) is 9.67 Å². The van der Waals surface area contributed by atoms with Crippen molar-refractivity contribution >= 4 is 28.4 Å². The number of carbonyl (C=O) groups is 2. The molecule has 3 rings (SSSR count). The molecule has 0 aromatic carbocycles. The normalized spacial score (nSPS) is 16.1. The second kappa shape index (κ2) is 5.75. The highest BCUT2D eigenvalue weighted by Gasteiger charge is 2.22. The number of amides is 1. The number of hydrogen-bond donors (Lipinski definition) is 2. The number of rotatable bonds is 4. The number of pyridine rings is 1. The molecule has 1 aliphatic carbocycles. The Bertz CT molecular complexity index is 727. The summed E-state index contributed by atoms with van der Waals surface area (Å²) < 4.78 is 1.77. The van der Waals surface area contributed by atoms with Gasteiger partial charge in [-0.2, -0.15) is 5.10 Å². The van der Waals surface area contributed by atoms with Crippen molar-refractivity contribution in [2.24, 2.45) is 5.73 Å². The van der Waals surface area contributed by atoms with E-state index in [-0.39, 0.29) is 6.04 Å². The zero-order valence-electron chi connectivity index (χ0n) is 12.5. The second-order valence-electron chi connectivity index (χ2n) is 5.57. The molecule has 0 saturated heterocycles. The van der Waals surface area contributed by atoms with Crippen LogP contribution >= 0.6 is 0 Å². The lowest BCUT2D eigenvalue weighted by Crippen LogP contribution is -2.27. The highest BCUT2D eigenvalue weighted by atomic mass is 16.1. The number of nitrogens with two attached hydrogens (primary N) is 1. The Morgan fingerprint density at radius 1 is 1.41 bits per heavy atom. The van der Waals surface area contributed by atoms with E-state index in [0.717, 1.165) is 23.9 Å². The summed E-state index contributed by atoms with van der Waals surface area (Å²) in [5, 5.41) is 8.46. The number of fused-ring (bicyclic) bond motifs is 1. The first-order chi connectivity index (χ1) is 10.6. The summed E-state index contributed by atoms with van der Waals surface area (Å²) in [4.78, 5) is 27.4. The molecule has 2 heterocycles. The quantitative estimate of drug-likeness (QED) is 0.890. The average Bonchev–Trinajstić information content (AvgIpc) is 2.93. The zero-order chi connectivity index (χ0) is 15.7. The predicted molar refractivity (Wildman–Crippen MR) is 82.6 cm³/mol. The molecule has 1 saturated carbocycles. The molecule has 0 radical (unpaired) electrons. The van der Waals surface area contributed by atoms with Gasteiger partial charge in [0, 0.05) is 31.6 Å². The van der Waals surface area contributed by atoms with Crippen molar-refractivity contribution in [2.45, 2.75) is 45.2 Å². The van der Waals surface area contributed by atoms with Crippen molar-refractivity contribution in [3.8, 4) is 0 Å². The fourth-order valence-corrected chi connectivity index (χ4v) is 2.89. The first-order valence-corrected chi connectivity index (χ1v) is 7.52. The van der Waals surface area contributed by atoms with Gasteiger partial charge < -0.3 is 11.1 Å². The smallest absolute Gasteiger partial charge is 0.252 e. The van der Waals surface area contributed by atoms with E-state index in [9.17, 15) is 9.59 Å². The van der Waals surface area contributed by atoms with Crippen LogP contribution < -0.4 is 11.1 Å². The lowest BCUT2D eigenvalue weighted by molar-refractivity contribution is -0.120. The molecule has 7 heteroatoms. The van der Waals surface area contributed by atoms with Crippen molar-refractivity contribution in [3.05, 3.63) is 18.0 Å². The molecule has 1 aliphatic rings. The van der Waals surface area contributed by atoms with Gasteiger partial charge in [-0.3, -0.25) is 9.59 Å². The van der Waals surface area contributed by atoms with E-state index in [0.29, 0.717) is 36.4 Å². The fourth-order valence-electron chi connectivity index (χ4n) is 2.89. The van der Waals surface area contributed by atoms with Crippen molar-refractivity contribution < 1.29 is 9.59 Å². The van der Waals surface area contributed by atoms with Gasteiger partial charge in [0.15, 0.2) is 5.65 Å². The van der Waals surface area contributed by atoms with E-state index in [1.54, 1.807) is 10.9 Å². The summed E-state index contributed by atoms with van der Waals surface area (Å²) in [7, 11) is 0. The van der Waals surface area contributed by atoms with Gasteiger partial charge in [-0.15, -0.1) is 0 Å². The number of carbonyl (C=O) groups excluding carboxylic acids is 2. The topological polar surface area (TPSA) is 103 Å². The summed E-state index contributed by atoms with van der Waals surface area (Å²) >= 11 is 0. The van der Waals surface area contributed by atoms with Crippen LogP contribution in [0.1, 0.15) is 43.0 Å². The molecule has 0 spiro atoms. The van der Waals surface area contributed by atoms with Crippen LogP contribution in [-0.4, -0.2) is 32.5 Å². The molecular weight excluding hydrogens is 282 g/mol. The van der Waals surface area contributed by atoms with E-state index in [2.05, 4.69) is 15.4 Å². The molecule has 7 nitrogen and oxygen atoms in total. The summed E-state index contributed by atoms with van der Waals surface area (Å²) in [5.74, 6) is -0.222. The maximum absolute atomic E-state index is 11.7. The van der Waals surface area contributed by atoms with Crippen LogP contribution in [0.2, 0.25) is 0 Å². The standard InChI is InChI=1S/C15H19N5O2/c1-2-20-15-12(8-18-20)13(11(7-17-15)14(16)22)19-9-3-5-10(21)6-4-9/h7-9H,2-6H2,1H3,(H2,16,22)(H,17,19). The summed E-state index contributed by atoms with van der Waals surface area (Å²) in [6.07, 6.45) is 5.88. The second-order valence-corrected chi connectivity index (χ2v) is 5.57. The Labute approximate surface area is 127 Å². The van der Waals surface area contributed by atoms with Crippen LogP contribution in [0.25, 0.3) is 11.0 Å². The van der Waals surface area contributed by atoms with Crippen molar-refractivity contribution in [3.63, 3.8) is 0 Å². The SMILES string of the molecule is CCn1ncc2c(NC3CCC(=O)CC3)c(C(N)=O)cnc21. The van der Waals surface area contributed by atoms with E-state index in [1.807, 2.05) is 6.92 Å². The fraction of sp³-hybridized carbons (Fsp3) is 0.467. The van der Waals surface area contributed by atoms with Gasteiger partial charge in [0.1, 0.15) is 5.78 Å². The molecule has 22 heavy (non-hydrogen) atoms. The van der Waals surface area contributed by atoms with Gasteiger partial charge >= 0.3 is 0 Å². The largest absolute Gasteiger partial charge is 0.381 e. The molecule has 1 amide bonds. The highest BCUT2D eigenvalue weighted by Crippen LogP contribution is 2.29. The third-order valence-corrected chi connectivity index (χ3v) is 4.12. The molecule has 3 N–H and O–H groups in total. The van der Waals surface area contributed by atoms with E-state index >= 15 is 0 Å². The van der Waals surface area contributed by atoms with Crippen LogP contribution in [0.5, 0.6) is 0 Å². The van der Waals surface area contributed by atoms with Crippen LogP contribution in [-0.2, 0) is 11.3 Å². The number of hydrogen-bond acceptors (Lipinski definition) is 5. The number of primary amides is 1. The van der Waals surface area contributed by atoms with Crippen molar-refractivity contribution in [2.75, 3.05) is 5.32 Å². The minimum Gasteiger partial charge on any atom is -0.381 e. The van der Waals surface area contributed by atoms with Crippen LogP contribution in [0, 0.1) is 0 Å². The molecule has 1 fully saturated rings.